The van der Waals surface area contributed by atoms with E-state index in [1.807, 2.05) is 0 Å². The predicted molar refractivity (Wildman–Crippen MR) is 64.9 cm³/mol. The summed E-state index contributed by atoms with van der Waals surface area (Å²) in [6.07, 6.45) is 4.66. The summed E-state index contributed by atoms with van der Waals surface area (Å²) in [5.41, 5.74) is 0.0934. The van der Waals surface area contributed by atoms with Crippen molar-refractivity contribution in [1.82, 2.24) is 9.13 Å². The molecule has 0 aromatic carbocycles. The topological polar surface area (TPSA) is 44.0 Å². The highest BCUT2D eigenvalue weighted by molar-refractivity contribution is 7.07. The average Bonchev–Trinajstić information content (AvgIpc) is 2.55. The lowest BCUT2D eigenvalue weighted by Gasteiger charge is -1.97. The SMILES string of the molecule is CCCCCn1c(=O)c2csccn-2c1=O. The van der Waals surface area contributed by atoms with Crippen molar-refractivity contribution >= 4 is 11.3 Å². The lowest BCUT2D eigenvalue weighted by atomic mass is 10.2. The second kappa shape index (κ2) is 4.65. The monoisotopic (exact) mass is 238 g/mol. The van der Waals surface area contributed by atoms with Gasteiger partial charge in [0.05, 0.1) is 0 Å². The molecule has 0 saturated carbocycles. The van der Waals surface area contributed by atoms with Crippen LogP contribution in [-0.4, -0.2) is 9.13 Å². The molecule has 0 atom stereocenters. The Morgan fingerprint density at radius 2 is 2.12 bits per heavy atom. The summed E-state index contributed by atoms with van der Waals surface area (Å²) in [6.45, 7) is 2.62. The third-order valence-corrected chi connectivity index (χ3v) is 3.25. The summed E-state index contributed by atoms with van der Waals surface area (Å²) in [7, 11) is 0. The molecule has 0 amide bonds. The Kier molecular flexibility index (Phi) is 3.24. The van der Waals surface area contributed by atoms with Gasteiger partial charge < -0.3 is 0 Å². The number of fused-ring (bicyclic) bond motifs is 1. The Morgan fingerprint density at radius 1 is 1.31 bits per heavy atom. The second-order valence-corrected chi connectivity index (χ2v) is 4.52. The molecule has 0 unspecified atom stereocenters. The van der Waals surface area contributed by atoms with Crippen LogP contribution in [0.2, 0.25) is 0 Å². The Bertz CT molecular complexity index is 508. The van der Waals surface area contributed by atoms with Crippen LogP contribution in [0.25, 0.3) is 5.69 Å². The maximum Gasteiger partial charge on any atom is 0.335 e. The molecule has 4 nitrogen and oxygen atoms in total. The fraction of sp³-hybridized carbons (Fsp3) is 0.455. The predicted octanol–water partition coefficient (Wildman–Crippen LogP) is 1.69. The van der Waals surface area contributed by atoms with Crippen LogP contribution < -0.4 is 11.2 Å². The molecule has 0 spiro atoms. The van der Waals surface area contributed by atoms with E-state index in [0.29, 0.717) is 12.2 Å². The van der Waals surface area contributed by atoms with Crippen LogP contribution >= 0.6 is 11.3 Å². The molecule has 0 aliphatic carbocycles. The van der Waals surface area contributed by atoms with E-state index < -0.39 is 0 Å². The quantitative estimate of drug-likeness (QED) is 0.761. The van der Waals surface area contributed by atoms with Crippen LogP contribution in [0.3, 0.4) is 0 Å². The average molecular weight is 238 g/mol. The number of rotatable bonds is 4. The van der Waals surface area contributed by atoms with Crippen molar-refractivity contribution in [3.63, 3.8) is 0 Å². The summed E-state index contributed by atoms with van der Waals surface area (Å²) < 4.78 is 2.75. The van der Waals surface area contributed by atoms with Crippen LogP contribution in [0.15, 0.2) is 26.5 Å². The molecule has 0 radical (unpaired) electrons. The van der Waals surface area contributed by atoms with E-state index in [9.17, 15) is 9.59 Å². The molecule has 86 valence electrons. The lowest BCUT2D eigenvalue weighted by Crippen LogP contribution is -2.26. The fourth-order valence-corrected chi connectivity index (χ4v) is 2.34. The van der Waals surface area contributed by atoms with Crippen molar-refractivity contribution in [2.24, 2.45) is 0 Å². The smallest absolute Gasteiger partial charge is 0.267 e. The second-order valence-electron chi connectivity index (χ2n) is 3.74. The third kappa shape index (κ3) is 1.82. The van der Waals surface area contributed by atoms with Gasteiger partial charge in [0.25, 0.3) is 5.56 Å². The minimum atomic E-state index is -0.219. The molecule has 0 aromatic heterocycles. The molecule has 5 heteroatoms. The first-order chi connectivity index (χ1) is 7.75. The zero-order valence-corrected chi connectivity index (χ0v) is 10.00. The van der Waals surface area contributed by atoms with Gasteiger partial charge in [-0.2, -0.15) is 0 Å². The number of nitrogens with zero attached hydrogens (tertiary/aromatic N) is 2. The Hall–Kier alpha value is -1.36. The molecule has 0 fully saturated rings. The summed E-state index contributed by atoms with van der Waals surface area (Å²) in [4.78, 5) is 23.8. The van der Waals surface area contributed by atoms with Crippen LogP contribution in [0.4, 0.5) is 0 Å². The minimum Gasteiger partial charge on any atom is -0.267 e. The van der Waals surface area contributed by atoms with Gasteiger partial charge in [-0.1, -0.05) is 19.8 Å². The molecule has 0 saturated heterocycles. The largest absolute Gasteiger partial charge is 0.335 e. The van der Waals surface area contributed by atoms with Crippen molar-refractivity contribution in [1.29, 1.82) is 0 Å². The van der Waals surface area contributed by atoms with Gasteiger partial charge in [-0.15, -0.1) is 11.3 Å². The van der Waals surface area contributed by atoms with Gasteiger partial charge in [0.2, 0.25) is 0 Å². The number of hydrogen-bond acceptors (Lipinski definition) is 3. The van der Waals surface area contributed by atoms with Crippen LogP contribution in [-0.2, 0) is 6.54 Å². The first kappa shape index (κ1) is 11.1. The Labute approximate surface area is 97.1 Å². The van der Waals surface area contributed by atoms with Crippen LogP contribution in [0, 0.1) is 0 Å². The molecule has 0 aromatic rings. The van der Waals surface area contributed by atoms with Gasteiger partial charge in [0, 0.05) is 23.5 Å². The Balaban J connectivity index is 2.42. The van der Waals surface area contributed by atoms with E-state index in [1.54, 1.807) is 17.0 Å². The van der Waals surface area contributed by atoms with Gasteiger partial charge >= 0.3 is 5.69 Å². The zero-order chi connectivity index (χ0) is 11.5. The highest BCUT2D eigenvalue weighted by Gasteiger charge is 2.15. The molecule has 2 heterocycles. The summed E-state index contributed by atoms with van der Waals surface area (Å²) in [6, 6.07) is 0. The Morgan fingerprint density at radius 3 is 2.81 bits per heavy atom. The van der Waals surface area contributed by atoms with Crippen LogP contribution in [0.1, 0.15) is 26.2 Å². The summed E-state index contributed by atoms with van der Waals surface area (Å²) in [5.74, 6) is 0. The lowest BCUT2D eigenvalue weighted by molar-refractivity contribution is 0.576. The number of imidazole rings is 1. The maximum absolute atomic E-state index is 11.9. The van der Waals surface area contributed by atoms with Gasteiger partial charge in [0.1, 0.15) is 5.69 Å². The van der Waals surface area contributed by atoms with E-state index in [4.69, 9.17) is 0 Å². The summed E-state index contributed by atoms with van der Waals surface area (Å²) in [5, 5.41) is 3.52. The minimum absolute atomic E-state index is 0.169. The molecule has 0 N–H and O–H groups in total. The summed E-state index contributed by atoms with van der Waals surface area (Å²) >= 11 is 1.42. The highest BCUT2D eigenvalue weighted by Crippen LogP contribution is 2.05. The van der Waals surface area contributed by atoms with Crippen molar-refractivity contribution < 1.29 is 0 Å². The van der Waals surface area contributed by atoms with Crippen molar-refractivity contribution in [2.45, 2.75) is 32.7 Å². The molecule has 0 bridgehead atoms. The molecular formula is C11H14N2O2S. The van der Waals surface area contributed by atoms with Crippen molar-refractivity contribution in [2.75, 3.05) is 0 Å². The molecule has 2 rings (SSSR count). The van der Waals surface area contributed by atoms with E-state index in [2.05, 4.69) is 6.92 Å². The van der Waals surface area contributed by atoms with E-state index in [-0.39, 0.29) is 11.2 Å². The molecule has 16 heavy (non-hydrogen) atoms. The molecular weight excluding hydrogens is 224 g/mol. The number of hydrogen-bond donors (Lipinski definition) is 0. The van der Waals surface area contributed by atoms with Gasteiger partial charge in [-0.05, 0) is 6.42 Å². The maximum atomic E-state index is 11.9. The van der Waals surface area contributed by atoms with Crippen molar-refractivity contribution in [3.05, 3.63) is 37.8 Å². The first-order valence-electron chi connectivity index (χ1n) is 5.43. The normalized spacial score (nSPS) is 11.1. The number of aromatic nitrogens is 2. The zero-order valence-electron chi connectivity index (χ0n) is 9.18. The molecule has 2 aliphatic rings. The van der Waals surface area contributed by atoms with Crippen LogP contribution in [0.5, 0.6) is 0 Å². The van der Waals surface area contributed by atoms with Gasteiger partial charge in [0.15, 0.2) is 0 Å². The third-order valence-electron chi connectivity index (χ3n) is 2.61. The van der Waals surface area contributed by atoms with E-state index in [0.717, 1.165) is 19.3 Å². The standard InChI is InChI=1S/C11H14N2O2S/c1-2-3-4-5-13-10(14)9-8-16-7-6-12(9)11(13)15/h6-8H,2-5H2,1H3. The van der Waals surface area contributed by atoms with E-state index in [1.165, 1.54) is 20.5 Å². The van der Waals surface area contributed by atoms with Gasteiger partial charge in [-0.3, -0.25) is 13.9 Å². The highest BCUT2D eigenvalue weighted by atomic mass is 32.1. The first-order valence-corrected chi connectivity index (χ1v) is 6.37. The van der Waals surface area contributed by atoms with Gasteiger partial charge in [-0.25, -0.2) is 4.79 Å². The number of unbranched alkanes of at least 4 members (excludes halogenated alkanes) is 2. The molecule has 2 aliphatic heterocycles. The van der Waals surface area contributed by atoms with E-state index >= 15 is 0 Å². The fourth-order valence-electron chi connectivity index (χ4n) is 1.73. The van der Waals surface area contributed by atoms with Crippen molar-refractivity contribution in [3.8, 4) is 5.69 Å².